The van der Waals surface area contributed by atoms with Gasteiger partial charge in [-0.05, 0) is 5.56 Å². The van der Waals surface area contributed by atoms with Crippen LogP contribution >= 0.6 is 0 Å². The van der Waals surface area contributed by atoms with Crippen LogP contribution in [0.3, 0.4) is 0 Å². The normalized spacial score (nSPS) is 18.1. The van der Waals surface area contributed by atoms with Gasteiger partial charge in [0.1, 0.15) is 0 Å². The number of halogens is 1. The average Bonchev–Trinajstić information content (AvgIpc) is 2.31. The van der Waals surface area contributed by atoms with Crippen molar-refractivity contribution in [1.82, 2.24) is 4.90 Å². The summed E-state index contributed by atoms with van der Waals surface area (Å²) in [7, 11) is 4.55. The molecule has 1 aromatic carbocycles. The van der Waals surface area contributed by atoms with E-state index < -0.39 is 0 Å². The molecule has 96 valence electrons. The van der Waals surface area contributed by atoms with Gasteiger partial charge in [0, 0.05) is 32.5 Å². The van der Waals surface area contributed by atoms with E-state index in [4.69, 9.17) is 0 Å². The zero-order chi connectivity index (χ0) is 11.4. The minimum absolute atomic E-state index is 0. The van der Waals surface area contributed by atoms with Crippen LogP contribution < -0.4 is 17.3 Å². The molecule has 17 heavy (non-hydrogen) atoms. The molecule has 1 aromatic rings. The third kappa shape index (κ3) is 4.30. The van der Waals surface area contributed by atoms with Crippen LogP contribution in [-0.4, -0.2) is 38.1 Å². The molecular formula is C14H23ClN2. The minimum Gasteiger partial charge on any atom is -1.00 e. The number of quaternary nitrogens is 1. The summed E-state index contributed by atoms with van der Waals surface area (Å²) in [5.41, 5.74) is 1.44. The van der Waals surface area contributed by atoms with Gasteiger partial charge in [-0.25, -0.2) is 0 Å². The van der Waals surface area contributed by atoms with Gasteiger partial charge >= 0.3 is 0 Å². The Kier molecular flexibility index (Phi) is 5.96. The Hall–Kier alpha value is -0.570. The fraction of sp³-hybridized carbons (Fsp3) is 0.571. The monoisotopic (exact) mass is 254 g/mol. The molecule has 3 heteroatoms. The highest BCUT2D eigenvalue weighted by molar-refractivity contribution is 5.14. The summed E-state index contributed by atoms with van der Waals surface area (Å²) >= 11 is 0. The first-order valence-corrected chi connectivity index (χ1v) is 6.32. The van der Waals surface area contributed by atoms with Gasteiger partial charge in [0.2, 0.25) is 0 Å². The summed E-state index contributed by atoms with van der Waals surface area (Å²) in [5, 5.41) is 0. The average molecular weight is 255 g/mol. The number of benzene rings is 1. The van der Waals surface area contributed by atoms with E-state index in [1.165, 1.54) is 31.5 Å². The molecule has 0 radical (unpaired) electrons. The zero-order valence-corrected chi connectivity index (χ0v) is 11.6. The van der Waals surface area contributed by atoms with E-state index in [0.29, 0.717) is 0 Å². The molecule has 1 fully saturated rings. The number of hydrogen-bond donors (Lipinski definition) is 1. The molecule has 1 aliphatic rings. The second-order valence-corrected chi connectivity index (χ2v) is 5.11. The van der Waals surface area contributed by atoms with Crippen molar-refractivity contribution >= 4 is 0 Å². The Morgan fingerprint density at radius 3 is 2.24 bits per heavy atom. The third-order valence-corrected chi connectivity index (χ3v) is 3.65. The first-order valence-electron chi connectivity index (χ1n) is 6.32. The van der Waals surface area contributed by atoms with Crippen LogP contribution in [0.4, 0.5) is 0 Å². The second-order valence-electron chi connectivity index (χ2n) is 5.11. The van der Waals surface area contributed by atoms with E-state index in [1.807, 2.05) is 0 Å². The molecular weight excluding hydrogens is 232 g/mol. The molecule has 1 aliphatic heterocycles. The third-order valence-electron chi connectivity index (χ3n) is 3.65. The van der Waals surface area contributed by atoms with Crippen LogP contribution in [0.1, 0.15) is 18.4 Å². The minimum atomic E-state index is 0. The smallest absolute Gasteiger partial charge is 0.0895 e. The van der Waals surface area contributed by atoms with E-state index in [9.17, 15) is 0 Å². The topological polar surface area (TPSA) is 7.68 Å². The number of likely N-dealkylation sites (tertiary alicyclic amines) is 1. The van der Waals surface area contributed by atoms with Crippen LogP contribution in [-0.2, 0) is 6.54 Å². The SMILES string of the molecule is C[NH+](C)C1CCN(Cc2ccccc2)CC1.[Cl-]. The molecule has 2 rings (SSSR count). The quantitative estimate of drug-likeness (QED) is 0.644. The summed E-state index contributed by atoms with van der Waals surface area (Å²) in [5.74, 6) is 0. The Balaban J connectivity index is 0.00000144. The summed E-state index contributed by atoms with van der Waals surface area (Å²) < 4.78 is 0. The Bertz CT molecular complexity index is 305. The lowest BCUT2D eigenvalue weighted by molar-refractivity contribution is -0.887. The van der Waals surface area contributed by atoms with Crippen molar-refractivity contribution < 1.29 is 17.3 Å². The molecule has 1 saturated heterocycles. The number of hydrogen-bond acceptors (Lipinski definition) is 1. The van der Waals surface area contributed by atoms with Crippen molar-refractivity contribution in [3.63, 3.8) is 0 Å². The maximum absolute atomic E-state index is 2.58. The van der Waals surface area contributed by atoms with Crippen LogP contribution in [0.25, 0.3) is 0 Å². The molecule has 0 aromatic heterocycles. The zero-order valence-electron chi connectivity index (χ0n) is 10.8. The van der Waals surface area contributed by atoms with Gasteiger partial charge in [0.25, 0.3) is 0 Å². The molecule has 0 bridgehead atoms. The molecule has 1 N–H and O–H groups in total. The van der Waals surface area contributed by atoms with Gasteiger partial charge in [-0.2, -0.15) is 0 Å². The van der Waals surface area contributed by atoms with Crippen molar-refractivity contribution in [1.29, 1.82) is 0 Å². The summed E-state index contributed by atoms with van der Waals surface area (Å²) in [6.45, 7) is 3.63. The van der Waals surface area contributed by atoms with Crippen molar-refractivity contribution in [3.05, 3.63) is 35.9 Å². The van der Waals surface area contributed by atoms with E-state index in [2.05, 4.69) is 49.3 Å². The van der Waals surface area contributed by atoms with Crippen molar-refractivity contribution in [2.24, 2.45) is 0 Å². The van der Waals surface area contributed by atoms with E-state index in [1.54, 1.807) is 4.90 Å². The number of piperidine rings is 1. The van der Waals surface area contributed by atoms with Gasteiger partial charge in [-0.1, -0.05) is 30.3 Å². The lowest BCUT2D eigenvalue weighted by Gasteiger charge is -2.33. The Morgan fingerprint density at radius 1 is 1.12 bits per heavy atom. The Morgan fingerprint density at radius 2 is 1.71 bits per heavy atom. The van der Waals surface area contributed by atoms with Gasteiger partial charge in [-0.15, -0.1) is 0 Å². The van der Waals surface area contributed by atoms with Crippen molar-refractivity contribution in [2.45, 2.75) is 25.4 Å². The first kappa shape index (κ1) is 14.5. The highest BCUT2D eigenvalue weighted by Crippen LogP contribution is 2.11. The standard InChI is InChI=1S/C14H22N2.ClH/c1-15(2)14-8-10-16(11-9-14)12-13-6-4-3-5-7-13;/h3-7,14H,8-12H2,1-2H3;1H. The first-order chi connectivity index (χ1) is 7.75. The molecule has 0 spiro atoms. The second kappa shape index (κ2) is 7.00. The van der Waals surface area contributed by atoms with Crippen molar-refractivity contribution in [3.8, 4) is 0 Å². The van der Waals surface area contributed by atoms with Gasteiger partial charge in [-0.3, -0.25) is 4.90 Å². The fourth-order valence-electron chi connectivity index (χ4n) is 2.51. The van der Waals surface area contributed by atoms with Crippen LogP contribution in [0.15, 0.2) is 30.3 Å². The van der Waals surface area contributed by atoms with Crippen LogP contribution in [0, 0.1) is 0 Å². The van der Waals surface area contributed by atoms with Crippen LogP contribution in [0.2, 0.25) is 0 Å². The van der Waals surface area contributed by atoms with Gasteiger partial charge < -0.3 is 17.3 Å². The molecule has 0 unspecified atom stereocenters. The summed E-state index contributed by atoms with van der Waals surface area (Å²) in [4.78, 5) is 4.19. The van der Waals surface area contributed by atoms with Gasteiger partial charge in [0.05, 0.1) is 20.1 Å². The summed E-state index contributed by atoms with van der Waals surface area (Å²) in [6.07, 6.45) is 2.68. The molecule has 2 nitrogen and oxygen atoms in total. The molecule has 0 amide bonds. The largest absolute Gasteiger partial charge is 1.00 e. The van der Waals surface area contributed by atoms with E-state index in [0.717, 1.165) is 12.6 Å². The van der Waals surface area contributed by atoms with Gasteiger partial charge in [0.15, 0.2) is 0 Å². The number of nitrogens with zero attached hydrogens (tertiary/aromatic N) is 1. The van der Waals surface area contributed by atoms with Crippen LogP contribution in [0.5, 0.6) is 0 Å². The summed E-state index contributed by atoms with van der Waals surface area (Å²) in [6, 6.07) is 11.7. The van der Waals surface area contributed by atoms with E-state index in [-0.39, 0.29) is 12.4 Å². The molecule has 0 atom stereocenters. The predicted molar refractivity (Wildman–Crippen MR) is 67.6 cm³/mol. The maximum Gasteiger partial charge on any atom is 0.0895 e. The lowest BCUT2D eigenvalue weighted by atomic mass is 10.0. The molecule has 0 saturated carbocycles. The number of nitrogens with one attached hydrogen (secondary N) is 1. The fourth-order valence-corrected chi connectivity index (χ4v) is 2.51. The molecule has 1 heterocycles. The maximum atomic E-state index is 2.58. The van der Waals surface area contributed by atoms with E-state index >= 15 is 0 Å². The predicted octanol–water partition coefficient (Wildman–Crippen LogP) is -2.20. The highest BCUT2D eigenvalue weighted by atomic mass is 35.5. The van der Waals surface area contributed by atoms with Crippen molar-refractivity contribution in [2.75, 3.05) is 27.2 Å². The lowest BCUT2D eigenvalue weighted by Crippen LogP contribution is -3.10. The Labute approximate surface area is 111 Å². The molecule has 0 aliphatic carbocycles. The number of rotatable bonds is 3. The highest BCUT2D eigenvalue weighted by Gasteiger charge is 2.22.